The van der Waals surface area contributed by atoms with Gasteiger partial charge in [0.25, 0.3) is 0 Å². The summed E-state index contributed by atoms with van der Waals surface area (Å²) in [6.45, 7) is 1.91. The summed E-state index contributed by atoms with van der Waals surface area (Å²) in [4.78, 5) is 10.2. The van der Waals surface area contributed by atoms with Gasteiger partial charge in [0.1, 0.15) is 3.92 Å². The molecule has 0 saturated heterocycles. The molecule has 0 unspecified atom stereocenters. The van der Waals surface area contributed by atoms with E-state index in [-0.39, 0.29) is 0 Å². The van der Waals surface area contributed by atoms with Crippen molar-refractivity contribution in [3.63, 3.8) is 0 Å². The molecule has 0 aliphatic carbocycles. The minimum atomic E-state index is -0.943. The lowest BCUT2D eigenvalue weighted by Gasteiger charge is -2.11. The maximum atomic E-state index is 10.2. The number of carbonyl (C=O) groups is 1. The van der Waals surface area contributed by atoms with Crippen molar-refractivity contribution in [1.29, 1.82) is 0 Å². The Kier molecular flexibility index (Phi) is 4.98. The number of halogens is 1. The van der Waals surface area contributed by atoms with E-state index in [1.165, 1.54) is 0 Å². The SMILES string of the molecule is CCC[C@@H](O)[C@@H](I)C(=O)O. The van der Waals surface area contributed by atoms with Gasteiger partial charge in [0.2, 0.25) is 0 Å². The minimum Gasteiger partial charge on any atom is -0.480 e. The van der Waals surface area contributed by atoms with Crippen molar-refractivity contribution < 1.29 is 15.0 Å². The second kappa shape index (κ2) is 4.90. The van der Waals surface area contributed by atoms with Gasteiger partial charge in [0, 0.05) is 0 Å². The lowest BCUT2D eigenvalue weighted by atomic mass is 10.1. The summed E-state index contributed by atoms with van der Waals surface area (Å²) in [5, 5.41) is 17.5. The first kappa shape index (κ1) is 10.2. The summed E-state index contributed by atoms with van der Waals surface area (Å²) < 4.78 is -0.669. The van der Waals surface area contributed by atoms with Crippen LogP contribution in [0.25, 0.3) is 0 Å². The van der Waals surface area contributed by atoms with Gasteiger partial charge in [-0.2, -0.15) is 0 Å². The average molecular weight is 258 g/mol. The Hall–Kier alpha value is 0.160. The number of aliphatic carboxylic acids is 1. The van der Waals surface area contributed by atoms with Crippen LogP contribution in [0.1, 0.15) is 19.8 Å². The highest BCUT2D eigenvalue weighted by molar-refractivity contribution is 14.1. The molecular formula is C6H11IO3. The Balaban J connectivity index is 3.69. The average Bonchev–Trinajstić information content (AvgIpc) is 1.87. The van der Waals surface area contributed by atoms with Crippen LogP contribution in [0, 0.1) is 0 Å². The van der Waals surface area contributed by atoms with Crippen LogP contribution in [0.2, 0.25) is 0 Å². The number of carboxylic acid groups (broad SMARTS) is 1. The molecule has 60 valence electrons. The largest absolute Gasteiger partial charge is 0.480 e. The van der Waals surface area contributed by atoms with Crippen molar-refractivity contribution in [2.75, 3.05) is 0 Å². The molecule has 0 bridgehead atoms. The van der Waals surface area contributed by atoms with Gasteiger partial charge in [-0.3, -0.25) is 4.79 Å². The number of carboxylic acids is 1. The van der Waals surface area contributed by atoms with Gasteiger partial charge in [-0.15, -0.1) is 0 Å². The molecule has 2 atom stereocenters. The monoisotopic (exact) mass is 258 g/mol. The summed E-state index contributed by atoms with van der Waals surface area (Å²) in [5.74, 6) is -0.943. The van der Waals surface area contributed by atoms with Gasteiger partial charge in [-0.05, 0) is 6.42 Å². The molecule has 0 spiro atoms. The fraction of sp³-hybridized carbons (Fsp3) is 0.833. The van der Waals surface area contributed by atoms with Gasteiger partial charge in [0.05, 0.1) is 6.10 Å². The van der Waals surface area contributed by atoms with Crippen molar-refractivity contribution in [1.82, 2.24) is 0 Å². The molecule has 0 saturated carbocycles. The molecule has 0 radical (unpaired) electrons. The van der Waals surface area contributed by atoms with Crippen molar-refractivity contribution in [2.45, 2.75) is 29.8 Å². The fourth-order valence-electron chi connectivity index (χ4n) is 0.607. The van der Waals surface area contributed by atoms with Crippen LogP contribution in [0.3, 0.4) is 0 Å². The molecule has 2 N–H and O–H groups in total. The van der Waals surface area contributed by atoms with E-state index in [0.29, 0.717) is 6.42 Å². The highest BCUT2D eigenvalue weighted by Crippen LogP contribution is 2.11. The predicted octanol–water partition coefficient (Wildman–Crippen LogP) is 1.04. The summed E-state index contributed by atoms with van der Waals surface area (Å²) >= 11 is 1.73. The van der Waals surface area contributed by atoms with Crippen molar-refractivity contribution in [2.24, 2.45) is 0 Å². The van der Waals surface area contributed by atoms with Gasteiger partial charge in [0.15, 0.2) is 0 Å². The van der Waals surface area contributed by atoms with E-state index in [4.69, 9.17) is 10.2 Å². The van der Waals surface area contributed by atoms with Crippen molar-refractivity contribution >= 4 is 28.6 Å². The highest BCUT2D eigenvalue weighted by atomic mass is 127. The molecule has 0 rings (SSSR count). The van der Waals surface area contributed by atoms with Crippen LogP contribution in [0.15, 0.2) is 0 Å². The number of aliphatic hydroxyl groups excluding tert-OH is 1. The Labute approximate surface area is 73.6 Å². The number of rotatable bonds is 4. The molecular weight excluding hydrogens is 247 g/mol. The molecule has 0 aromatic carbocycles. The fourth-order valence-corrected chi connectivity index (χ4v) is 0.966. The zero-order valence-electron chi connectivity index (χ0n) is 5.75. The van der Waals surface area contributed by atoms with Crippen LogP contribution in [-0.2, 0) is 4.79 Å². The first-order chi connectivity index (χ1) is 4.59. The molecule has 0 aliphatic heterocycles. The Bertz CT molecular complexity index is 116. The molecule has 4 heteroatoms. The van der Waals surface area contributed by atoms with E-state index in [0.717, 1.165) is 6.42 Å². The number of alkyl halides is 1. The lowest BCUT2D eigenvalue weighted by Crippen LogP contribution is -2.27. The number of aliphatic hydroxyl groups is 1. The van der Waals surface area contributed by atoms with Crippen LogP contribution < -0.4 is 0 Å². The third-order valence-electron chi connectivity index (χ3n) is 1.16. The van der Waals surface area contributed by atoms with Crippen LogP contribution >= 0.6 is 22.6 Å². The molecule has 0 amide bonds. The van der Waals surface area contributed by atoms with E-state index >= 15 is 0 Å². The second-order valence-corrected chi connectivity index (χ2v) is 3.44. The van der Waals surface area contributed by atoms with Crippen LogP contribution in [-0.4, -0.2) is 26.2 Å². The third kappa shape index (κ3) is 3.36. The quantitative estimate of drug-likeness (QED) is 0.585. The summed E-state index contributed by atoms with van der Waals surface area (Å²) in [6.07, 6.45) is 0.663. The molecule has 0 fully saturated rings. The molecule has 0 aliphatic rings. The first-order valence-electron chi connectivity index (χ1n) is 3.14. The zero-order chi connectivity index (χ0) is 8.15. The summed E-state index contributed by atoms with van der Waals surface area (Å²) in [6, 6.07) is 0. The summed E-state index contributed by atoms with van der Waals surface area (Å²) in [5.41, 5.74) is 0. The van der Waals surface area contributed by atoms with Crippen molar-refractivity contribution in [3.05, 3.63) is 0 Å². The molecule has 0 aromatic heterocycles. The van der Waals surface area contributed by atoms with Crippen LogP contribution in [0.4, 0.5) is 0 Å². The van der Waals surface area contributed by atoms with Gasteiger partial charge < -0.3 is 10.2 Å². The van der Waals surface area contributed by atoms with E-state index in [9.17, 15) is 4.79 Å². The van der Waals surface area contributed by atoms with E-state index < -0.39 is 16.0 Å². The molecule has 10 heavy (non-hydrogen) atoms. The molecule has 0 aromatic rings. The number of hydrogen-bond donors (Lipinski definition) is 2. The third-order valence-corrected chi connectivity index (χ3v) is 2.52. The van der Waals surface area contributed by atoms with E-state index in [2.05, 4.69) is 0 Å². The minimum absolute atomic E-state index is 0.555. The van der Waals surface area contributed by atoms with E-state index in [1.807, 2.05) is 6.92 Å². The molecule has 3 nitrogen and oxygen atoms in total. The first-order valence-corrected chi connectivity index (χ1v) is 4.39. The van der Waals surface area contributed by atoms with Crippen molar-refractivity contribution in [3.8, 4) is 0 Å². The highest BCUT2D eigenvalue weighted by Gasteiger charge is 2.21. The smallest absolute Gasteiger partial charge is 0.319 e. The topological polar surface area (TPSA) is 57.5 Å². The lowest BCUT2D eigenvalue weighted by molar-refractivity contribution is -0.137. The molecule has 0 heterocycles. The van der Waals surface area contributed by atoms with Crippen LogP contribution in [0.5, 0.6) is 0 Å². The van der Waals surface area contributed by atoms with Gasteiger partial charge >= 0.3 is 5.97 Å². The Morgan fingerprint density at radius 1 is 1.70 bits per heavy atom. The van der Waals surface area contributed by atoms with Gasteiger partial charge in [-0.1, -0.05) is 35.9 Å². The van der Waals surface area contributed by atoms with E-state index in [1.54, 1.807) is 22.6 Å². The summed E-state index contributed by atoms with van der Waals surface area (Å²) in [7, 11) is 0. The standard InChI is InChI=1S/C6H11IO3/c1-2-3-4(8)5(7)6(9)10/h4-5,8H,2-3H2,1H3,(H,9,10)/t4-,5-/m1/s1. The zero-order valence-corrected chi connectivity index (χ0v) is 7.91. The Morgan fingerprint density at radius 2 is 2.20 bits per heavy atom. The normalized spacial score (nSPS) is 16.3. The second-order valence-electron chi connectivity index (χ2n) is 2.10. The Morgan fingerprint density at radius 3 is 2.50 bits per heavy atom. The van der Waals surface area contributed by atoms with Gasteiger partial charge in [-0.25, -0.2) is 0 Å². The predicted molar refractivity (Wildman–Crippen MR) is 46.4 cm³/mol. The maximum Gasteiger partial charge on any atom is 0.319 e. The maximum absolute atomic E-state index is 10.2. The number of hydrogen-bond acceptors (Lipinski definition) is 2.